The molecule has 1 aliphatic heterocycles. The second-order valence-corrected chi connectivity index (χ2v) is 6.24. The Bertz CT molecular complexity index is 468. The standard InChI is InChI=1S/C14H23N5O/c15-13-16-11-19(17-13)10-12(20)18-8-6-14(7-9-18)4-2-1-3-5-14/h11H,1-10H2,(H2,15,17). The van der Waals surface area contributed by atoms with Crippen LogP contribution in [0.4, 0.5) is 5.95 Å². The van der Waals surface area contributed by atoms with Gasteiger partial charge in [-0.1, -0.05) is 19.3 Å². The summed E-state index contributed by atoms with van der Waals surface area (Å²) in [5, 5.41) is 3.96. The Kier molecular flexibility index (Phi) is 3.63. The van der Waals surface area contributed by atoms with Crippen LogP contribution in [0.2, 0.25) is 0 Å². The predicted octanol–water partition coefficient (Wildman–Crippen LogP) is 1.43. The van der Waals surface area contributed by atoms with E-state index in [9.17, 15) is 4.79 Å². The van der Waals surface area contributed by atoms with Crippen LogP contribution < -0.4 is 5.73 Å². The molecule has 0 bridgehead atoms. The molecule has 0 radical (unpaired) electrons. The van der Waals surface area contributed by atoms with Crippen molar-refractivity contribution in [1.29, 1.82) is 0 Å². The molecule has 6 heteroatoms. The first-order chi connectivity index (χ1) is 9.67. The Morgan fingerprint density at radius 2 is 1.90 bits per heavy atom. The number of nitrogens with two attached hydrogens (primary N) is 1. The van der Waals surface area contributed by atoms with Crippen molar-refractivity contribution in [2.45, 2.75) is 51.5 Å². The van der Waals surface area contributed by atoms with Gasteiger partial charge in [0.15, 0.2) is 0 Å². The van der Waals surface area contributed by atoms with Gasteiger partial charge in [0.25, 0.3) is 0 Å². The maximum absolute atomic E-state index is 12.2. The van der Waals surface area contributed by atoms with Crippen molar-refractivity contribution in [2.24, 2.45) is 5.41 Å². The van der Waals surface area contributed by atoms with Crippen LogP contribution in [0.15, 0.2) is 6.33 Å². The third-order valence-corrected chi connectivity index (χ3v) is 4.94. The van der Waals surface area contributed by atoms with Gasteiger partial charge in [-0.05, 0) is 31.1 Å². The number of nitrogens with zero attached hydrogens (tertiary/aromatic N) is 4. The lowest BCUT2D eigenvalue weighted by atomic mass is 9.68. The van der Waals surface area contributed by atoms with Gasteiger partial charge in [-0.15, -0.1) is 5.10 Å². The summed E-state index contributed by atoms with van der Waals surface area (Å²) in [6.45, 7) is 2.03. The average Bonchev–Trinajstić information content (AvgIpc) is 2.86. The molecule has 20 heavy (non-hydrogen) atoms. The number of carbonyl (C=O) groups is 1. The molecule has 3 rings (SSSR count). The number of carbonyl (C=O) groups excluding carboxylic acids is 1. The van der Waals surface area contributed by atoms with Crippen LogP contribution in [0, 0.1) is 5.41 Å². The lowest BCUT2D eigenvalue weighted by Gasteiger charge is -2.44. The van der Waals surface area contributed by atoms with Crippen molar-refractivity contribution in [3.8, 4) is 0 Å². The van der Waals surface area contributed by atoms with E-state index in [1.165, 1.54) is 43.1 Å². The van der Waals surface area contributed by atoms with E-state index in [2.05, 4.69) is 10.1 Å². The Morgan fingerprint density at radius 1 is 1.20 bits per heavy atom. The highest BCUT2D eigenvalue weighted by Gasteiger charge is 2.36. The molecule has 1 aliphatic carbocycles. The molecular formula is C14H23N5O. The highest BCUT2D eigenvalue weighted by molar-refractivity contribution is 5.76. The lowest BCUT2D eigenvalue weighted by Crippen LogP contribution is -2.45. The number of hydrogen-bond donors (Lipinski definition) is 1. The second-order valence-electron chi connectivity index (χ2n) is 6.24. The lowest BCUT2D eigenvalue weighted by molar-refractivity contribution is -0.134. The molecule has 1 aromatic rings. The van der Waals surface area contributed by atoms with Gasteiger partial charge in [0, 0.05) is 13.1 Å². The van der Waals surface area contributed by atoms with Crippen molar-refractivity contribution >= 4 is 11.9 Å². The second kappa shape index (κ2) is 5.42. The Labute approximate surface area is 119 Å². The van der Waals surface area contributed by atoms with Crippen LogP contribution in [-0.2, 0) is 11.3 Å². The molecule has 6 nitrogen and oxygen atoms in total. The number of piperidine rings is 1. The van der Waals surface area contributed by atoms with Crippen LogP contribution >= 0.6 is 0 Å². The van der Waals surface area contributed by atoms with Gasteiger partial charge < -0.3 is 10.6 Å². The van der Waals surface area contributed by atoms with Gasteiger partial charge in [-0.25, -0.2) is 9.67 Å². The summed E-state index contributed by atoms with van der Waals surface area (Å²) in [6, 6.07) is 0. The maximum atomic E-state index is 12.2. The van der Waals surface area contributed by atoms with Crippen molar-refractivity contribution in [3.63, 3.8) is 0 Å². The third-order valence-electron chi connectivity index (χ3n) is 4.94. The number of nitrogen functional groups attached to an aromatic ring is 1. The van der Waals surface area contributed by atoms with Crippen molar-refractivity contribution in [1.82, 2.24) is 19.7 Å². The molecule has 1 aromatic heterocycles. The third kappa shape index (κ3) is 2.78. The van der Waals surface area contributed by atoms with E-state index in [0.717, 1.165) is 25.9 Å². The quantitative estimate of drug-likeness (QED) is 0.887. The van der Waals surface area contributed by atoms with E-state index >= 15 is 0 Å². The van der Waals surface area contributed by atoms with E-state index in [1.54, 1.807) is 0 Å². The van der Waals surface area contributed by atoms with Crippen LogP contribution in [0.1, 0.15) is 44.9 Å². The summed E-state index contributed by atoms with van der Waals surface area (Å²) in [5.74, 6) is 0.346. The number of aromatic nitrogens is 3. The van der Waals surface area contributed by atoms with E-state index < -0.39 is 0 Å². The molecule has 1 amide bonds. The highest BCUT2D eigenvalue weighted by Crippen LogP contribution is 2.44. The number of rotatable bonds is 2. The van der Waals surface area contributed by atoms with E-state index in [0.29, 0.717) is 5.41 Å². The van der Waals surface area contributed by atoms with E-state index in [1.807, 2.05) is 4.90 Å². The molecule has 0 aromatic carbocycles. The fourth-order valence-electron chi connectivity index (χ4n) is 3.66. The fraction of sp³-hybridized carbons (Fsp3) is 0.786. The van der Waals surface area contributed by atoms with Crippen molar-refractivity contribution in [2.75, 3.05) is 18.8 Å². The molecule has 0 atom stereocenters. The summed E-state index contributed by atoms with van der Waals surface area (Å²) in [7, 11) is 0. The summed E-state index contributed by atoms with van der Waals surface area (Å²) in [5.41, 5.74) is 5.99. The number of hydrogen-bond acceptors (Lipinski definition) is 4. The maximum Gasteiger partial charge on any atom is 0.244 e. The molecule has 110 valence electrons. The zero-order valence-electron chi connectivity index (χ0n) is 11.9. The number of amides is 1. The molecule has 2 heterocycles. The van der Waals surface area contributed by atoms with Gasteiger partial charge in [0.1, 0.15) is 12.9 Å². The Balaban J connectivity index is 1.53. The zero-order chi connectivity index (χ0) is 14.0. The van der Waals surface area contributed by atoms with Crippen LogP contribution in [0.25, 0.3) is 0 Å². The van der Waals surface area contributed by atoms with Crippen LogP contribution in [0.3, 0.4) is 0 Å². The van der Waals surface area contributed by atoms with E-state index in [-0.39, 0.29) is 18.4 Å². The van der Waals surface area contributed by atoms with Gasteiger partial charge in [0.2, 0.25) is 11.9 Å². The summed E-state index contributed by atoms with van der Waals surface area (Å²) in [6.07, 6.45) is 10.7. The summed E-state index contributed by atoms with van der Waals surface area (Å²) < 4.78 is 1.52. The Morgan fingerprint density at radius 3 is 2.50 bits per heavy atom. The van der Waals surface area contributed by atoms with Gasteiger partial charge >= 0.3 is 0 Å². The molecule has 1 saturated carbocycles. The van der Waals surface area contributed by atoms with Gasteiger partial charge in [0.05, 0.1) is 0 Å². The molecule has 2 fully saturated rings. The molecule has 1 saturated heterocycles. The molecule has 2 N–H and O–H groups in total. The molecule has 2 aliphatic rings. The SMILES string of the molecule is Nc1ncn(CC(=O)N2CCC3(CCCCC3)CC2)n1. The smallest absolute Gasteiger partial charge is 0.244 e. The molecule has 1 spiro atoms. The normalized spacial score (nSPS) is 22.1. The zero-order valence-corrected chi connectivity index (χ0v) is 11.9. The number of anilines is 1. The first-order valence-electron chi connectivity index (χ1n) is 7.60. The number of likely N-dealkylation sites (tertiary alicyclic amines) is 1. The largest absolute Gasteiger partial charge is 0.367 e. The van der Waals surface area contributed by atoms with Crippen LogP contribution in [0.5, 0.6) is 0 Å². The minimum Gasteiger partial charge on any atom is -0.367 e. The topological polar surface area (TPSA) is 77.0 Å². The van der Waals surface area contributed by atoms with Crippen LogP contribution in [-0.4, -0.2) is 38.7 Å². The van der Waals surface area contributed by atoms with E-state index in [4.69, 9.17) is 5.73 Å². The summed E-state index contributed by atoms with van der Waals surface area (Å²) >= 11 is 0. The fourth-order valence-corrected chi connectivity index (χ4v) is 3.66. The monoisotopic (exact) mass is 277 g/mol. The van der Waals surface area contributed by atoms with Crippen molar-refractivity contribution < 1.29 is 4.79 Å². The highest BCUT2D eigenvalue weighted by atomic mass is 16.2. The average molecular weight is 277 g/mol. The molecular weight excluding hydrogens is 254 g/mol. The Hall–Kier alpha value is -1.59. The predicted molar refractivity (Wildman–Crippen MR) is 75.8 cm³/mol. The first kappa shape index (κ1) is 13.4. The minimum absolute atomic E-state index is 0.126. The summed E-state index contributed by atoms with van der Waals surface area (Å²) in [4.78, 5) is 18.1. The molecule has 0 unspecified atom stereocenters. The van der Waals surface area contributed by atoms with Gasteiger partial charge in [-0.3, -0.25) is 4.79 Å². The minimum atomic E-state index is 0.126. The van der Waals surface area contributed by atoms with Gasteiger partial charge in [-0.2, -0.15) is 0 Å². The van der Waals surface area contributed by atoms with Crippen molar-refractivity contribution in [3.05, 3.63) is 6.33 Å². The first-order valence-corrected chi connectivity index (χ1v) is 7.60.